The standard InChI is InChI=1S/C19H18O2/c1-12-9-13(2)17-8-5-15(19(21)18(17)10-12)11-14-3-6-16(20)7-4-14/h3-4,6-7,9-11,20H,5,8H2,1-2H3. The summed E-state index contributed by atoms with van der Waals surface area (Å²) in [6, 6.07) is 11.1. The van der Waals surface area contributed by atoms with Crippen molar-refractivity contribution in [1.82, 2.24) is 0 Å². The molecular formula is C19H18O2. The molecule has 1 aliphatic carbocycles. The maximum atomic E-state index is 12.7. The van der Waals surface area contributed by atoms with Crippen LogP contribution in [-0.2, 0) is 6.42 Å². The lowest BCUT2D eigenvalue weighted by molar-refractivity contribution is 0.102. The molecule has 3 rings (SSSR count). The summed E-state index contributed by atoms with van der Waals surface area (Å²) in [6.07, 6.45) is 3.62. The molecule has 2 nitrogen and oxygen atoms in total. The lowest BCUT2D eigenvalue weighted by Crippen LogP contribution is -2.15. The van der Waals surface area contributed by atoms with Crippen LogP contribution in [0.5, 0.6) is 5.75 Å². The SMILES string of the molecule is Cc1cc(C)c2c(c1)C(=O)C(=Cc1ccc(O)cc1)CC2. The molecule has 106 valence electrons. The first-order chi connectivity index (χ1) is 10.0. The van der Waals surface area contributed by atoms with Gasteiger partial charge in [0.05, 0.1) is 0 Å². The molecule has 1 aliphatic rings. The monoisotopic (exact) mass is 278 g/mol. The van der Waals surface area contributed by atoms with Gasteiger partial charge in [0.1, 0.15) is 5.75 Å². The molecule has 0 fully saturated rings. The molecule has 0 aromatic heterocycles. The summed E-state index contributed by atoms with van der Waals surface area (Å²) in [5.74, 6) is 0.375. The molecule has 2 aromatic rings. The van der Waals surface area contributed by atoms with Crippen molar-refractivity contribution in [3.8, 4) is 5.75 Å². The summed E-state index contributed by atoms with van der Waals surface area (Å²) >= 11 is 0. The quantitative estimate of drug-likeness (QED) is 0.793. The average molecular weight is 278 g/mol. The molecule has 0 aliphatic heterocycles. The van der Waals surface area contributed by atoms with E-state index in [0.29, 0.717) is 0 Å². The van der Waals surface area contributed by atoms with Gasteiger partial charge in [-0.15, -0.1) is 0 Å². The van der Waals surface area contributed by atoms with Crippen molar-refractivity contribution >= 4 is 11.9 Å². The summed E-state index contributed by atoms with van der Waals surface area (Å²) in [4.78, 5) is 12.7. The van der Waals surface area contributed by atoms with E-state index in [0.717, 1.165) is 35.1 Å². The number of phenolic OH excluding ortho intramolecular Hbond substituents is 1. The normalized spacial score (nSPS) is 16.1. The smallest absolute Gasteiger partial charge is 0.189 e. The number of rotatable bonds is 1. The highest BCUT2D eigenvalue weighted by molar-refractivity contribution is 6.13. The van der Waals surface area contributed by atoms with Crippen molar-refractivity contribution < 1.29 is 9.90 Å². The number of Topliss-reactive ketones (excluding diaryl/α,β-unsaturated/α-hetero) is 1. The van der Waals surface area contributed by atoms with E-state index in [1.54, 1.807) is 12.1 Å². The van der Waals surface area contributed by atoms with E-state index < -0.39 is 0 Å². The fourth-order valence-electron chi connectivity index (χ4n) is 2.99. The van der Waals surface area contributed by atoms with Gasteiger partial charge >= 0.3 is 0 Å². The van der Waals surface area contributed by atoms with E-state index in [1.807, 2.05) is 31.2 Å². The number of allylic oxidation sites excluding steroid dienone is 1. The van der Waals surface area contributed by atoms with Gasteiger partial charge in [-0.25, -0.2) is 0 Å². The van der Waals surface area contributed by atoms with E-state index in [-0.39, 0.29) is 11.5 Å². The Morgan fingerprint density at radius 2 is 1.76 bits per heavy atom. The second-order valence-electron chi connectivity index (χ2n) is 5.70. The van der Waals surface area contributed by atoms with Gasteiger partial charge < -0.3 is 5.11 Å². The molecule has 2 heteroatoms. The van der Waals surface area contributed by atoms with Crippen LogP contribution in [0.2, 0.25) is 0 Å². The molecule has 0 radical (unpaired) electrons. The summed E-state index contributed by atoms with van der Waals surface area (Å²) in [5, 5.41) is 9.32. The van der Waals surface area contributed by atoms with Crippen LogP contribution in [0.15, 0.2) is 42.0 Å². The summed E-state index contributed by atoms with van der Waals surface area (Å²) < 4.78 is 0. The van der Waals surface area contributed by atoms with E-state index in [2.05, 4.69) is 13.0 Å². The number of phenols is 1. The number of hydrogen-bond donors (Lipinski definition) is 1. The maximum Gasteiger partial charge on any atom is 0.189 e. The van der Waals surface area contributed by atoms with Gasteiger partial charge in [-0.2, -0.15) is 0 Å². The number of aromatic hydroxyl groups is 1. The highest BCUT2D eigenvalue weighted by Crippen LogP contribution is 2.30. The molecule has 0 heterocycles. The predicted molar refractivity (Wildman–Crippen MR) is 84.7 cm³/mol. The number of carbonyl (C=O) groups is 1. The van der Waals surface area contributed by atoms with Crippen LogP contribution < -0.4 is 0 Å². The van der Waals surface area contributed by atoms with Gasteiger partial charge in [0, 0.05) is 11.1 Å². The Hall–Kier alpha value is -2.35. The Labute approximate surface area is 124 Å². The fourth-order valence-corrected chi connectivity index (χ4v) is 2.99. The minimum Gasteiger partial charge on any atom is -0.508 e. The molecule has 0 spiro atoms. The predicted octanol–water partition coefficient (Wildman–Crippen LogP) is 4.22. The van der Waals surface area contributed by atoms with E-state index in [1.165, 1.54) is 11.1 Å². The zero-order valence-corrected chi connectivity index (χ0v) is 12.3. The van der Waals surface area contributed by atoms with Gasteiger partial charge in [0.25, 0.3) is 0 Å². The topological polar surface area (TPSA) is 37.3 Å². The zero-order valence-electron chi connectivity index (χ0n) is 12.3. The molecule has 0 saturated carbocycles. The highest BCUT2D eigenvalue weighted by Gasteiger charge is 2.23. The second-order valence-corrected chi connectivity index (χ2v) is 5.70. The Bertz CT molecular complexity index is 737. The Morgan fingerprint density at radius 3 is 2.48 bits per heavy atom. The van der Waals surface area contributed by atoms with E-state index in [9.17, 15) is 9.90 Å². The molecule has 2 aromatic carbocycles. The summed E-state index contributed by atoms with van der Waals surface area (Å²) in [7, 11) is 0. The first kappa shape index (κ1) is 13.6. The van der Waals surface area contributed by atoms with Crippen LogP contribution in [0, 0.1) is 13.8 Å². The first-order valence-electron chi connectivity index (χ1n) is 7.19. The fraction of sp³-hybridized carbons (Fsp3) is 0.211. The van der Waals surface area contributed by atoms with E-state index >= 15 is 0 Å². The second kappa shape index (κ2) is 5.21. The highest BCUT2D eigenvalue weighted by atomic mass is 16.3. The van der Waals surface area contributed by atoms with Crippen LogP contribution in [-0.4, -0.2) is 10.9 Å². The van der Waals surface area contributed by atoms with Gasteiger partial charge in [-0.3, -0.25) is 4.79 Å². The van der Waals surface area contributed by atoms with Crippen molar-refractivity contribution in [2.45, 2.75) is 26.7 Å². The number of carbonyl (C=O) groups excluding carboxylic acids is 1. The molecule has 0 unspecified atom stereocenters. The molecule has 21 heavy (non-hydrogen) atoms. The third kappa shape index (κ3) is 2.62. The van der Waals surface area contributed by atoms with Crippen LogP contribution in [0.1, 0.15) is 39.0 Å². The third-order valence-corrected chi connectivity index (χ3v) is 4.03. The molecular weight excluding hydrogens is 260 g/mol. The zero-order chi connectivity index (χ0) is 15.0. The maximum absolute atomic E-state index is 12.7. The first-order valence-corrected chi connectivity index (χ1v) is 7.19. The molecule has 0 bridgehead atoms. The molecule has 0 saturated heterocycles. The molecule has 0 atom stereocenters. The minimum atomic E-state index is 0.135. The van der Waals surface area contributed by atoms with Crippen molar-refractivity contribution in [2.24, 2.45) is 0 Å². The van der Waals surface area contributed by atoms with Crippen LogP contribution in [0.25, 0.3) is 6.08 Å². The molecule has 1 N–H and O–H groups in total. The third-order valence-electron chi connectivity index (χ3n) is 4.03. The van der Waals surface area contributed by atoms with Crippen molar-refractivity contribution in [2.75, 3.05) is 0 Å². The van der Waals surface area contributed by atoms with Crippen molar-refractivity contribution in [3.05, 3.63) is 69.8 Å². The average Bonchev–Trinajstić information content (AvgIpc) is 2.45. The van der Waals surface area contributed by atoms with Gasteiger partial charge in [0.15, 0.2) is 5.78 Å². The van der Waals surface area contributed by atoms with Crippen molar-refractivity contribution in [1.29, 1.82) is 0 Å². The lowest BCUT2D eigenvalue weighted by Gasteiger charge is -2.20. The molecule has 0 amide bonds. The number of fused-ring (bicyclic) bond motifs is 1. The Morgan fingerprint density at radius 1 is 1.05 bits per heavy atom. The van der Waals surface area contributed by atoms with Crippen LogP contribution in [0.3, 0.4) is 0 Å². The summed E-state index contributed by atoms with van der Waals surface area (Å²) in [5.41, 5.74) is 6.17. The van der Waals surface area contributed by atoms with Gasteiger partial charge in [0.2, 0.25) is 0 Å². The number of aryl methyl sites for hydroxylation is 2. The summed E-state index contributed by atoms with van der Waals surface area (Å²) in [6.45, 7) is 4.10. The van der Waals surface area contributed by atoms with E-state index in [4.69, 9.17) is 0 Å². The van der Waals surface area contributed by atoms with Gasteiger partial charge in [-0.1, -0.05) is 23.8 Å². The lowest BCUT2D eigenvalue weighted by atomic mass is 9.83. The van der Waals surface area contributed by atoms with Crippen molar-refractivity contribution in [3.63, 3.8) is 0 Å². The number of benzene rings is 2. The van der Waals surface area contributed by atoms with Crippen LogP contribution >= 0.6 is 0 Å². The number of hydrogen-bond acceptors (Lipinski definition) is 2. The Kier molecular flexibility index (Phi) is 3.38. The van der Waals surface area contributed by atoms with Crippen LogP contribution in [0.4, 0.5) is 0 Å². The Balaban J connectivity index is 2.00. The number of ketones is 1. The van der Waals surface area contributed by atoms with Gasteiger partial charge in [-0.05, 0) is 67.7 Å². The largest absolute Gasteiger partial charge is 0.508 e. The minimum absolute atomic E-state index is 0.135.